The number of hydrogen-bond acceptors (Lipinski definition) is 4. The molecule has 4 nitrogen and oxygen atoms in total. The first-order valence-electron chi connectivity index (χ1n) is 4.77. The van der Waals surface area contributed by atoms with Crippen molar-refractivity contribution in [3.63, 3.8) is 0 Å². The number of amides is 1. The van der Waals surface area contributed by atoms with Gasteiger partial charge in [-0.15, -0.1) is 11.3 Å². The van der Waals surface area contributed by atoms with Gasteiger partial charge in [0.15, 0.2) is 5.13 Å². The predicted molar refractivity (Wildman–Crippen MR) is 56.3 cm³/mol. The van der Waals surface area contributed by atoms with E-state index >= 15 is 0 Å². The second kappa shape index (κ2) is 4.52. The third-order valence-corrected chi connectivity index (χ3v) is 3.02. The van der Waals surface area contributed by atoms with Crippen LogP contribution in [0.1, 0.15) is 12.8 Å². The lowest BCUT2D eigenvalue weighted by Gasteiger charge is -2.21. The molecule has 1 amide bonds. The number of rotatable bonds is 2. The van der Waals surface area contributed by atoms with Crippen LogP contribution in [0.5, 0.6) is 0 Å². The van der Waals surface area contributed by atoms with Gasteiger partial charge in [0.25, 0.3) is 0 Å². The third kappa shape index (κ3) is 2.30. The summed E-state index contributed by atoms with van der Waals surface area (Å²) in [7, 11) is 0. The molecule has 0 aromatic carbocycles. The maximum atomic E-state index is 11.7. The first-order valence-corrected chi connectivity index (χ1v) is 5.65. The van der Waals surface area contributed by atoms with Crippen molar-refractivity contribution < 1.29 is 4.79 Å². The zero-order valence-electron chi connectivity index (χ0n) is 7.82. The highest BCUT2D eigenvalue weighted by molar-refractivity contribution is 7.13. The number of piperidine rings is 1. The van der Waals surface area contributed by atoms with E-state index in [1.165, 1.54) is 11.3 Å². The molecular formula is C9H13N3OS. The number of nitrogens with one attached hydrogen (secondary N) is 2. The molecule has 1 fully saturated rings. The highest BCUT2D eigenvalue weighted by Gasteiger charge is 2.21. The van der Waals surface area contributed by atoms with Crippen LogP contribution in [0.2, 0.25) is 0 Å². The molecule has 1 saturated heterocycles. The number of aromatic nitrogens is 1. The fourth-order valence-corrected chi connectivity index (χ4v) is 2.10. The van der Waals surface area contributed by atoms with Gasteiger partial charge in [0.2, 0.25) is 5.91 Å². The van der Waals surface area contributed by atoms with Crippen LogP contribution >= 0.6 is 11.3 Å². The van der Waals surface area contributed by atoms with Crippen LogP contribution in [0.4, 0.5) is 5.13 Å². The summed E-state index contributed by atoms with van der Waals surface area (Å²) in [5.74, 6) is 0.194. The minimum atomic E-state index is 0.0900. The lowest BCUT2D eigenvalue weighted by Crippen LogP contribution is -2.37. The first kappa shape index (κ1) is 9.61. The molecule has 1 aromatic rings. The molecule has 14 heavy (non-hydrogen) atoms. The second-order valence-corrected chi connectivity index (χ2v) is 4.26. The molecule has 2 rings (SSSR count). The van der Waals surface area contributed by atoms with E-state index in [1.807, 2.05) is 5.38 Å². The average Bonchev–Trinajstić information content (AvgIpc) is 2.72. The molecule has 0 saturated carbocycles. The van der Waals surface area contributed by atoms with Crippen LogP contribution in [0.3, 0.4) is 0 Å². The van der Waals surface area contributed by atoms with E-state index < -0.39 is 0 Å². The topological polar surface area (TPSA) is 54.0 Å². The molecule has 0 spiro atoms. The predicted octanol–water partition coefficient (Wildman–Crippen LogP) is 1.08. The van der Waals surface area contributed by atoms with Crippen LogP contribution in [-0.2, 0) is 4.79 Å². The van der Waals surface area contributed by atoms with Gasteiger partial charge in [0.1, 0.15) is 0 Å². The molecule has 76 valence electrons. The summed E-state index contributed by atoms with van der Waals surface area (Å²) in [5, 5.41) is 8.59. The van der Waals surface area contributed by atoms with Crippen molar-refractivity contribution in [3.8, 4) is 0 Å². The van der Waals surface area contributed by atoms with Gasteiger partial charge in [-0.1, -0.05) is 0 Å². The summed E-state index contributed by atoms with van der Waals surface area (Å²) in [6.45, 7) is 1.82. The smallest absolute Gasteiger partial charge is 0.230 e. The summed E-state index contributed by atoms with van der Waals surface area (Å²) in [6.07, 6.45) is 3.75. The van der Waals surface area contributed by atoms with Crippen LogP contribution in [0.15, 0.2) is 11.6 Å². The normalized spacial score (nSPS) is 21.9. The molecule has 0 aliphatic carbocycles. The van der Waals surface area contributed by atoms with Gasteiger partial charge in [-0.05, 0) is 19.4 Å². The molecule has 0 radical (unpaired) electrons. The molecule has 0 bridgehead atoms. The Morgan fingerprint density at radius 1 is 1.71 bits per heavy atom. The molecule has 1 aliphatic rings. The van der Waals surface area contributed by atoms with Crippen molar-refractivity contribution in [2.45, 2.75) is 12.8 Å². The lowest BCUT2D eigenvalue weighted by atomic mass is 9.99. The van der Waals surface area contributed by atoms with Crippen molar-refractivity contribution in [2.24, 2.45) is 5.92 Å². The molecule has 1 aliphatic heterocycles. The van der Waals surface area contributed by atoms with Gasteiger partial charge >= 0.3 is 0 Å². The van der Waals surface area contributed by atoms with E-state index in [9.17, 15) is 4.79 Å². The number of thiazole rings is 1. The molecule has 5 heteroatoms. The molecule has 2 N–H and O–H groups in total. The quantitative estimate of drug-likeness (QED) is 0.769. The zero-order valence-corrected chi connectivity index (χ0v) is 8.64. The van der Waals surface area contributed by atoms with Gasteiger partial charge in [-0.3, -0.25) is 4.79 Å². The van der Waals surface area contributed by atoms with E-state index in [0.717, 1.165) is 25.9 Å². The number of anilines is 1. The van der Waals surface area contributed by atoms with Crippen LogP contribution in [0, 0.1) is 5.92 Å². The minimum Gasteiger partial charge on any atom is -0.316 e. The van der Waals surface area contributed by atoms with Crippen LogP contribution in [0.25, 0.3) is 0 Å². The highest BCUT2D eigenvalue weighted by atomic mass is 32.1. The van der Waals surface area contributed by atoms with Crippen molar-refractivity contribution in [3.05, 3.63) is 11.6 Å². The summed E-state index contributed by atoms with van der Waals surface area (Å²) in [5.41, 5.74) is 0. The molecule has 2 heterocycles. The van der Waals surface area contributed by atoms with E-state index in [2.05, 4.69) is 15.6 Å². The summed E-state index contributed by atoms with van der Waals surface area (Å²) in [6, 6.07) is 0. The summed E-state index contributed by atoms with van der Waals surface area (Å²) in [4.78, 5) is 15.7. The fourth-order valence-electron chi connectivity index (χ4n) is 1.57. The summed E-state index contributed by atoms with van der Waals surface area (Å²) < 4.78 is 0. The van der Waals surface area contributed by atoms with Crippen LogP contribution in [-0.4, -0.2) is 24.0 Å². The van der Waals surface area contributed by atoms with Gasteiger partial charge in [0.05, 0.1) is 5.92 Å². The molecule has 1 aromatic heterocycles. The Kier molecular flexibility index (Phi) is 3.10. The fraction of sp³-hybridized carbons (Fsp3) is 0.556. The summed E-state index contributed by atoms with van der Waals surface area (Å²) >= 11 is 1.45. The Labute approximate surface area is 86.7 Å². The van der Waals surface area contributed by atoms with Gasteiger partial charge in [-0.2, -0.15) is 0 Å². The van der Waals surface area contributed by atoms with Crippen molar-refractivity contribution in [1.29, 1.82) is 0 Å². The van der Waals surface area contributed by atoms with Crippen molar-refractivity contribution in [2.75, 3.05) is 18.4 Å². The average molecular weight is 211 g/mol. The van der Waals surface area contributed by atoms with E-state index in [0.29, 0.717) is 5.13 Å². The SMILES string of the molecule is O=C(Nc1nccs1)C1CCCNC1. The molecular weight excluding hydrogens is 198 g/mol. The molecule has 1 atom stereocenters. The highest BCUT2D eigenvalue weighted by Crippen LogP contribution is 2.15. The second-order valence-electron chi connectivity index (χ2n) is 3.37. The Morgan fingerprint density at radius 2 is 2.64 bits per heavy atom. The number of hydrogen-bond donors (Lipinski definition) is 2. The molecule has 1 unspecified atom stereocenters. The van der Waals surface area contributed by atoms with E-state index in [4.69, 9.17) is 0 Å². The Morgan fingerprint density at radius 3 is 3.29 bits per heavy atom. The largest absolute Gasteiger partial charge is 0.316 e. The van der Waals surface area contributed by atoms with Gasteiger partial charge < -0.3 is 10.6 Å². The zero-order chi connectivity index (χ0) is 9.80. The van der Waals surface area contributed by atoms with Gasteiger partial charge in [-0.25, -0.2) is 4.98 Å². The third-order valence-electron chi connectivity index (χ3n) is 2.33. The van der Waals surface area contributed by atoms with E-state index in [1.54, 1.807) is 6.20 Å². The standard InChI is InChI=1S/C9H13N3OS/c13-8(7-2-1-3-10-6-7)12-9-11-4-5-14-9/h4-5,7,10H,1-3,6H2,(H,11,12,13). The van der Waals surface area contributed by atoms with Crippen LogP contribution < -0.4 is 10.6 Å². The maximum Gasteiger partial charge on any atom is 0.230 e. The van der Waals surface area contributed by atoms with Crippen molar-refractivity contribution >= 4 is 22.4 Å². The Bertz CT molecular complexity index is 293. The monoisotopic (exact) mass is 211 g/mol. The maximum absolute atomic E-state index is 11.7. The number of nitrogens with zero attached hydrogens (tertiary/aromatic N) is 1. The first-order chi connectivity index (χ1) is 6.86. The van der Waals surface area contributed by atoms with Gasteiger partial charge in [0, 0.05) is 18.1 Å². The Hall–Kier alpha value is -0.940. The number of carbonyl (C=O) groups is 1. The number of carbonyl (C=O) groups excluding carboxylic acids is 1. The van der Waals surface area contributed by atoms with Crippen molar-refractivity contribution in [1.82, 2.24) is 10.3 Å². The van der Waals surface area contributed by atoms with E-state index in [-0.39, 0.29) is 11.8 Å². The minimum absolute atomic E-state index is 0.0900. The lowest BCUT2D eigenvalue weighted by molar-refractivity contribution is -0.120. The Balaban J connectivity index is 1.88.